The molecule has 0 spiro atoms. The normalized spacial score (nSPS) is 11.7. The zero-order valence-corrected chi connectivity index (χ0v) is 20.3. The molecular formula is C25H19N7O2S2. The highest BCUT2D eigenvalue weighted by Crippen LogP contribution is 2.31. The second kappa shape index (κ2) is 8.63. The van der Waals surface area contributed by atoms with Crippen molar-refractivity contribution in [2.45, 2.75) is 4.90 Å². The van der Waals surface area contributed by atoms with Crippen LogP contribution in [0.1, 0.15) is 0 Å². The molecule has 0 aliphatic heterocycles. The minimum atomic E-state index is -3.76. The Morgan fingerprint density at radius 3 is 2.58 bits per heavy atom. The maximum Gasteiger partial charge on any atom is 0.269 e. The van der Waals surface area contributed by atoms with Crippen LogP contribution in [0.4, 0.5) is 28.8 Å². The second-order valence-corrected chi connectivity index (χ2v) is 10.7. The number of nitrogen functional groups attached to an aromatic ring is 1. The lowest BCUT2D eigenvalue weighted by Crippen LogP contribution is -2.12. The molecular weight excluding hydrogens is 494 g/mol. The van der Waals surface area contributed by atoms with E-state index in [1.165, 1.54) is 21.5 Å². The number of rotatable bonds is 6. The topological polar surface area (TPSA) is 128 Å². The van der Waals surface area contributed by atoms with Crippen molar-refractivity contribution in [1.82, 2.24) is 18.9 Å². The Bertz CT molecular complexity index is 1830. The third-order valence-electron chi connectivity index (χ3n) is 5.50. The van der Waals surface area contributed by atoms with Crippen molar-refractivity contribution in [3.63, 3.8) is 0 Å². The van der Waals surface area contributed by atoms with E-state index in [2.05, 4.69) is 25.6 Å². The number of pyridine rings is 1. The molecule has 2 aromatic carbocycles. The van der Waals surface area contributed by atoms with E-state index < -0.39 is 10.0 Å². The van der Waals surface area contributed by atoms with E-state index in [9.17, 15) is 8.42 Å². The van der Waals surface area contributed by atoms with E-state index in [4.69, 9.17) is 5.73 Å². The fourth-order valence-electron chi connectivity index (χ4n) is 3.85. The molecule has 0 unspecified atom stereocenters. The van der Waals surface area contributed by atoms with Gasteiger partial charge in [-0.25, -0.2) is 22.4 Å². The first-order valence-electron chi connectivity index (χ1n) is 10.9. The molecule has 4 N–H and O–H groups in total. The number of benzene rings is 2. The molecule has 178 valence electrons. The number of anilines is 5. The minimum Gasteiger partial charge on any atom is -0.399 e. The van der Waals surface area contributed by atoms with Gasteiger partial charge in [0.05, 0.1) is 27.0 Å². The number of aromatic nitrogens is 4. The molecule has 0 amide bonds. The number of fused-ring (bicyclic) bond motifs is 2. The number of nitrogens with one attached hydrogen (secondary N) is 2. The lowest BCUT2D eigenvalue weighted by atomic mass is 10.3. The summed E-state index contributed by atoms with van der Waals surface area (Å²) in [5, 5.41) is 9.13. The first kappa shape index (κ1) is 22.0. The number of nitrogens with zero attached hydrogens (tertiary/aromatic N) is 4. The smallest absolute Gasteiger partial charge is 0.269 e. The van der Waals surface area contributed by atoms with E-state index in [1.54, 1.807) is 48.7 Å². The van der Waals surface area contributed by atoms with Crippen molar-refractivity contribution in [3.8, 4) is 0 Å². The van der Waals surface area contributed by atoms with Gasteiger partial charge < -0.3 is 16.4 Å². The Hall–Kier alpha value is -4.48. The van der Waals surface area contributed by atoms with Gasteiger partial charge in [-0.2, -0.15) is 4.98 Å². The van der Waals surface area contributed by atoms with Gasteiger partial charge in [-0.15, -0.1) is 11.3 Å². The van der Waals surface area contributed by atoms with Crippen molar-refractivity contribution < 1.29 is 8.42 Å². The standard InChI is InChI=1S/C25H19N7O2S2/c26-17-5-4-6-18(14-17)29-25-30-21-10-12-35-22(21)23(31-25)28-19-13-16-9-11-32(24(16)27-15-19)36(33,34)20-7-2-1-3-8-20/h1-15H,26H2,(H2,28,29,30,31). The summed E-state index contributed by atoms with van der Waals surface area (Å²) in [4.78, 5) is 13.9. The molecule has 0 bridgehead atoms. The average Bonchev–Trinajstić information content (AvgIpc) is 3.52. The largest absolute Gasteiger partial charge is 0.399 e. The van der Waals surface area contributed by atoms with Crippen molar-refractivity contribution in [1.29, 1.82) is 0 Å². The molecule has 0 atom stereocenters. The van der Waals surface area contributed by atoms with Crippen LogP contribution in [0.2, 0.25) is 0 Å². The summed E-state index contributed by atoms with van der Waals surface area (Å²) in [5.41, 5.74) is 9.10. The predicted octanol–water partition coefficient (Wildman–Crippen LogP) is 5.35. The van der Waals surface area contributed by atoms with Gasteiger partial charge in [-0.1, -0.05) is 24.3 Å². The highest BCUT2D eigenvalue weighted by molar-refractivity contribution is 7.90. The first-order chi connectivity index (χ1) is 17.5. The quantitative estimate of drug-likeness (QED) is 0.254. The van der Waals surface area contributed by atoms with Crippen LogP contribution in [-0.4, -0.2) is 27.3 Å². The summed E-state index contributed by atoms with van der Waals surface area (Å²) in [6.07, 6.45) is 3.10. The monoisotopic (exact) mass is 513 g/mol. The summed E-state index contributed by atoms with van der Waals surface area (Å²) in [6.45, 7) is 0. The molecule has 0 aliphatic carbocycles. The van der Waals surface area contributed by atoms with Gasteiger partial charge in [0.1, 0.15) is 0 Å². The fraction of sp³-hybridized carbons (Fsp3) is 0. The molecule has 4 heterocycles. The van der Waals surface area contributed by atoms with Gasteiger partial charge in [0.15, 0.2) is 11.5 Å². The van der Waals surface area contributed by atoms with Gasteiger partial charge >= 0.3 is 0 Å². The SMILES string of the molecule is Nc1cccc(Nc2nc(Nc3cnc4c(ccn4S(=O)(=O)c4ccccc4)c3)c3sccc3n2)c1. The molecule has 0 aliphatic rings. The van der Waals surface area contributed by atoms with Gasteiger partial charge in [-0.3, -0.25) is 0 Å². The molecule has 6 aromatic rings. The molecule has 11 heteroatoms. The Morgan fingerprint density at radius 1 is 0.889 bits per heavy atom. The fourth-order valence-corrected chi connectivity index (χ4v) is 5.96. The number of thiophene rings is 1. The van der Waals surface area contributed by atoms with Gasteiger partial charge in [0.25, 0.3) is 10.0 Å². The lowest BCUT2D eigenvalue weighted by molar-refractivity contribution is 0.589. The number of hydrogen-bond acceptors (Lipinski definition) is 9. The third kappa shape index (κ3) is 4.00. The molecule has 4 aromatic heterocycles. The van der Waals surface area contributed by atoms with Crippen LogP contribution in [-0.2, 0) is 10.0 Å². The van der Waals surface area contributed by atoms with Gasteiger partial charge in [0.2, 0.25) is 5.95 Å². The van der Waals surface area contributed by atoms with Crippen LogP contribution in [0.3, 0.4) is 0 Å². The van der Waals surface area contributed by atoms with E-state index in [0.717, 1.165) is 15.9 Å². The highest BCUT2D eigenvalue weighted by atomic mass is 32.2. The van der Waals surface area contributed by atoms with Crippen LogP contribution in [0.15, 0.2) is 95.5 Å². The van der Waals surface area contributed by atoms with Gasteiger partial charge in [-0.05, 0) is 53.9 Å². The van der Waals surface area contributed by atoms with Crippen molar-refractivity contribution in [2.24, 2.45) is 0 Å². The zero-order chi connectivity index (χ0) is 24.7. The Morgan fingerprint density at radius 2 is 1.75 bits per heavy atom. The number of nitrogens with two attached hydrogens (primary N) is 1. The Kier molecular flexibility index (Phi) is 5.28. The first-order valence-corrected chi connectivity index (χ1v) is 13.2. The summed E-state index contributed by atoms with van der Waals surface area (Å²) >= 11 is 1.52. The Labute approximate surface area is 210 Å². The lowest BCUT2D eigenvalue weighted by Gasteiger charge is -2.11. The van der Waals surface area contributed by atoms with E-state index in [0.29, 0.717) is 34.2 Å². The third-order valence-corrected chi connectivity index (χ3v) is 8.09. The van der Waals surface area contributed by atoms with Crippen molar-refractivity contribution in [2.75, 3.05) is 16.4 Å². The van der Waals surface area contributed by atoms with Crippen LogP contribution < -0.4 is 16.4 Å². The molecule has 6 rings (SSSR count). The zero-order valence-electron chi connectivity index (χ0n) is 18.7. The number of hydrogen-bond donors (Lipinski definition) is 3. The minimum absolute atomic E-state index is 0.202. The Balaban J connectivity index is 1.34. The van der Waals surface area contributed by atoms with E-state index in [-0.39, 0.29) is 4.90 Å². The van der Waals surface area contributed by atoms with Crippen LogP contribution in [0, 0.1) is 0 Å². The van der Waals surface area contributed by atoms with Crippen LogP contribution >= 0.6 is 11.3 Å². The summed E-state index contributed by atoms with van der Waals surface area (Å²) < 4.78 is 28.3. The van der Waals surface area contributed by atoms with Crippen molar-refractivity contribution >= 4 is 71.4 Å². The summed E-state index contributed by atoms with van der Waals surface area (Å²) in [7, 11) is -3.76. The van der Waals surface area contributed by atoms with Crippen molar-refractivity contribution in [3.05, 3.63) is 90.6 Å². The van der Waals surface area contributed by atoms with E-state index >= 15 is 0 Å². The molecule has 9 nitrogen and oxygen atoms in total. The summed E-state index contributed by atoms with van der Waals surface area (Å²) in [5.74, 6) is 1.03. The molecule has 0 saturated heterocycles. The molecule has 36 heavy (non-hydrogen) atoms. The molecule has 0 saturated carbocycles. The molecule has 0 fully saturated rings. The van der Waals surface area contributed by atoms with Crippen LogP contribution in [0.5, 0.6) is 0 Å². The van der Waals surface area contributed by atoms with Crippen LogP contribution in [0.25, 0.3) is 21.3 Å². The highest BCUT2D eigenvalue weighted by Gasteiger charge is 2.19. The molecule has 0 radical (unpaired) electrons. The maximum atomic E-state index is 13.1. The summed E-state index contributed by atoms with van der Waals surface area (Å²) in [6, 6.07) is 21.1. The average molecular weight is 514 g/mol. The predicted molar refractivity (Wildman–Crippen MR) is 144 cm³/mol. The maximum absolute atomic E-state index is 13.1. The second-order valence-electron chi connectivity index (χ2n) is 7.97. The van der Waals surface area contributed by atoms with Gasteiger partial charge in [0, 0.05) is 23.0 Å². The van der Waals surface area contributed by atoms with E-state index in [1.807, 2.05) is 35.7 Å².